The summed E-state index contributed by atoms with van der Waals surface area (Å²) in [5.74, 6) is -0.542. The molecule has 0 heterocycles. The lowest BCUT2D eigenvalue weighted by atomic mass is 10.2. The Balaban J connectivity index is 0.00000289. The molecule has 3 N–H and O–H groups in total. The van der Waals surface area contributed by atoms with Crippen LogP contribution in [0.5, 0.6) is 0 Å². The number of anilines is 1. The van der Waals surface area contributed by atoms with E-state index in [4.69, 9.17) is 10.5 Å². The highest BCUT2D eigenvalue weighted by Gasteiger charge is 2.06. The third-order valence-electron chi connectivity index (χ3n) is 2.09. The SMILES string of the molecule is CCOC(=O)CCNC(=O)c1ccc(N)cc1.Cl. The van der Waals surface area contributed by atoms with E-state index >= 15 is 0 Å². The molecule has 1 rings (SSSR count). The van der Waals surface area contributed by atoms with Crippen LogP contribution in [-0.2, 0) is 9.53 Å². The van der Waals surface area contributed by atoms with E-state index in [-0.39, 0.29) is 37.2 Å². The molecule has 0 aliphatic carbocycles. The van der Waals surface area contributed by atoms with Gasteiger partial charge >= 0.3 is 5.97 Å². The highest BCUT2D eigenvalue weighted by atomic mass is 35.5. The minimum absolute atomic E-state index is 0. The average molecular weight is 273 g/mol. The average Bonchev–Trinajstić information content (AvgIpc) is 2.30. The molecule has 0 unspecified atom stereocenters. The summed E-state index contributed by atoms with van der Waals surface area (Å²) >= 11 is 0. The maximum atomic E-state index is 11.6. The Morgan fingerprint density at radius 1 is 1.28 bits per heavy atom. The number of carbonyl (C=O) groups excluding carboxylic acids is 2. The van der Waals surface area contributed by atoms with Crippen LogP contribution in [-0.4, -0.2) is 25.0 Å². The van der Waals surface area contributed by atoms with Gasteiger partial charge in [0, 0.05) is 17.8 Å². The van der Waals surface area contributed by atoms with Crippen LogP contribution in [0.4, 0.5) is 5.69 Å². The molecule has 1 aromatic rings. The molecular formula is C12H17ClN2O3. The topological polar surface area (TPSA) is 81.4 Å². The van der Waals surface area contributed by atoms with Crippen molar-refractivity contribution in [1.29, 1.82) is 0 Å². The van der Waals surface area contributed by atoms with Crippen LogP contribution in [0.3, 0.4) is 0 Å². The van der Waals surface area contributed by atoms with E-state index in [9.17, 15) is 9.59 Å². The maximum absolute atomic E-state index is 11.6. The number of ether oxygens (including phenoxy) is 1. The van der Waals surface area contributed by atoms with Gasteiger partial charge in [0.1, 0.15) is 0 Å². The van der Waals surface area contributed by atoms with E-state index in [1.165, 1.54) is 0 Å². The number of carbonyl (C=O) groups is 2. The molecule has 100 valence electrons. The summed E-state index contributed by atoms with van der Waals surface area (Å²) in [4.78, 5) is 22.6. The van der Waals surface area contributed by atoms with Crippen molar-refractivity contribution in [1.82, 2.24) is 5.32 Å². The van der Waals surface area contributed by atoms with Crippen LogP contribution >= 0.6 is 12.4 Å². The van der Waals surface area contributed by atoms with Crippen molar-refractivity contribution in [2.24, 2.45) is 0 Å². The Morgan fingerprint density at radius 3 is 2.44 bits per heavy atom. The number of nitrogens with one attached hydrogen (secondary N) is 1. The Kier molecular flexibility index (Phi) is 7.54. The van der Waals surface area contributed by atoms with Gasteiger partial charge in [-0.05, 0) is 31.2 Å². The fourth-order valence-corrected chi connectivity index (χ4v) is 1.25. The van der Waals surface area contributed by atoms with Crippen molar-refractivity contribution in [3.63, 3.8) is 0 Å². The highest BCUT2D eigenvalue weighted by Crippen LogP contribution is 2.04. The van der Waals surface area contributed by atoms with Crippen molar-refractivity contribution in [2.75, 3.05) is 18.9 Å². The highest BCUT2D eigenvalue weighted by molar-refractivity contribution is 5.94. The first-order valence-electron chi connectivity index (χ1n) is 5.43. The molecule has 0 saturated heterocycles. The van der Waals surface area contributed by atoms with Gasteiger partial charge < -0.3 is 15.8 Å². The molecule has 0 fully saturated rings. The molecular weight excluding hydrogens is 256 g/mol. The van der Waals surface area contributed by atoms with E-state index in [2.05, 4.69) is 5.32 Å². The lowest BCUT2D eigenvalue weighted by molar-refractivity contribution is -0.142. The Morgan fingerprint density at radius 2 is 1.89 bits per heavy atom. The van der Waals surface area contributed by atoms with Crippen LogP contribution < -0.4 is 11.1 Å². The van der Waals surface area contributed by atoms with Crippen molar-refractivity contribution in [2.45, 2.75) is 13.3 Å². The second kappa shape index (κ2) is 8.36. The third kappa shape index (κ3) is 5.54. The van der Waals surface area contributed by atoms with Crippen LogP contribution in [0.25, 0.3) is 0 Å². The largest absolute Gasteiger partial charge is 0.466 e. The predicted octanol–water partition coefficient (Wildman–Crippen LogP) is 1.37. The van der Waals surface area contributed by atoms with Crippen molar-refractivity contribution < 1.29 is 14.3 Å². The zero-order chi connectivity index (χ0) is 12.7. The molecule has 18 heavy (non-hydrogen) atoms. The monoisotopic (exact) mass is 272 g/mol. The molecule has 6 heteroatoms. The molecule has 0 radical (unpaired) electrons. The number of nitrogens with two attached hydrogens (primary N) is 1. The minimum atomic E-state index is -0.315. The fraction of sp³-hybridized carbons (Fsp3) is 0.333. The number of rotatable bonds is 5. The van der Waals surface area contributed by atoms with E-state index in [1.807, 2.05) is 0 Å². The molecule has 1 amide bonds. The predicted molar refractivity (Wildman–Crippen MR) is 71.7 cm³/mol. The van der Waals surface area contributed by atoms with Crippen molar-refractivity contribution in [3.05, 3.63) is 29.8 Å². The second-order valence-electron chi connectivity index (χ2n) is 3.43. The van der Waals surface area contributed by atoms with Crippen LogP contribution in [0.2, 0.25) is 0 Å². The molecule has 5 nitrogen and oxygen atoms in total. The summed E-state index contributed by atoms with van der Waals surface area (Å²) < 4.78 is 4.74. The number of hydrogen-bond acceptors (Lipinski definition) is 4. The van der Waals surface area contributed by atoms with Gasteiger partial charge in [-0.25, -0.2) is 0 Å². The summed E-state index contributed by atoms with van der Waals surface area (Å²) in [6.45, 7) is 2.36. The van der Waals surface area contributed by atoms with Crippen molar-refractivity contribution >= 4 is 30.0 Å². The second-order valence-corrected chi connectivity index (χ2v) is 3.43. The van der Waals surface area contributed by atoms with Gasteiger partial charge in [-0.3, -0.25) is 9.59 Å². The van der Waals surface area contributed by atoms with E-state index in [0.29, 0.717) is 17.9 Å². The van der Waals surface area contributed by atoms with Crippen LogP contribution in [0, 0.1) is 0 Å². The summed E-state index contributed by atoms with van der Waals surface area (Å²) in [7, 11) is 0. The van der Waals surface area contributed by atoms with E-state index in [0.717, 1.165) is 0 Å². The van der Waals surface area contributed by atoms with E-state index < -0.39 is 0 Å². The number of benzene rings is 1. The standard InChI is InChI=1S/C12H16N2O3.ClH/c1-2-17-11(15)7-8-14-12(16)9-3-5-10(13)6-4-9;/h3-6H,2,7-8,13H2,1H3,(H,14,16);1H. The molecule has 0 spiro atoms. The lowest BCUT2D eigenvalue weighted by Crippen LogP contribution is -2.26. The summed E-state index contributed by atoms with van der Waals surface area (Å²) in [5.41, 5.74) is 6.63. The zero-order valence-electron chi connectivity index (χ0n) is 10.1. The van der Waals surface area contributed by atoms with E-state index in [1.54, 1.807) is 31.2 Å². The van der Waals surface area contributed by atoms with Gasteiger partial charge in [0.15, 0.2) is 0 Å². The molecule has 0 aromatic heterocycles. The normalized spacial score (nSPS) is 9.17. The Bertz CT molecular complexity index is 393. The van der Waals surface area contributed by atoms with Crippen molar-refractivity contribution in [3.8, 4) is 0 Å². The van der Waals surface area contributed by atoms with Crippen LogP contribution in [0.15, 0.2) is 24.3 Å². The smallest absolute Gasteiger partial charge is 0.307 e. The summed E-state index contributed by atoms with van der Waals surface area (Å²) in [5, 5.41) is 2.63. The molecule has 1 aromatic carbocycles. The Hall–Kier alpha value is -1.75. The van der Waals surface area contributed by atoms with Gasteiger partial charge in [-0.15, -0.1) is 12.4 Å². The van der Waals surface area contributed by atoms with Crippen LogP contribution in [0.1, 0.15) is 23.7 Å². The summed E-state index contributed by atoms with van der Waals surface area (Å²) in [6.07, 6.45) is 0.175. The molecule has 0 aliphatic heterocycles. The van der Waals surface area contributed by atoms with Gasteiger partial charge in [0.2, 0.25) is 0 Å². The fourth-order valence-electron chi connectivity index (χ4n) is 1.25. The third-order valence-corrected chi connectivity index (χ3v) is 2.09. The summed E-state index contributed by atoms with van der Waals surface area (Å²) in [6, 6.07) is 6.57. The van der Waals surface area contributed by atoms with Gasteiger partial charge in [0.05, 0.1) is 13.0 Å². The number of nitrogen functional groups attached to an aromatic ring is 1. The quantitative estimate of drug-likeness (QED) is 0.627. The van der Waals surface area contributed by atoms with Gasteiger partial charge in [-0.2, -0.15) is 0 Å². The first kappa shape index (κ1) is 16.2. The number of halogens is 1. The maximum Gasteiger partial charge on any atom is 0.307 e. The zero-order valence-corrected chi connectivity index (χ0v) is 11.0. The first-order valence-corrected chi connectivity index (χ1v) is 5.43. The lowest BCUT2D eigenvalue weighted by Gasteiger charge is -2.05. The molecule has 0 bridgehead atoms. The van der Waals surface area contributed by atoms with Gasteiger partial charge in [-0.1, -0.05) is 0 Å². The van der Waals surface area contributed by atoms with Gasteiger partial charge in [0.25, 0.3) is 5.91 Å². The number of hydrogen-bond donors (Lipinski definition) is 2. The molecule has 0 atom stereocenters. The molecule has 0 saturated carbocycles. The number of amides is 1. The minimum Gasteiger partial charge on any atom is -0.466 e. The first-order chi connectivity index (χ1) is 8.13. The number of esters is 1. The Labute approximate surface area is 112 Å². The molecule has 0 aliphatic rings.